The number of hydrogen-bond acceptors (Lipinski definition) is 2. The molecule has 0 spiro atoms. The molecular weight excluding hydrogens is 211 g/mol. The maximum atomic E-state index is 5.94. The summed E-state index contributed by atoms with van der Waals surface area (Å²) in [6.07, 6.45) is 8.31. The van der Waals surface area contributed by atoms with Crippen molar-refractivity contribution < 1.29 is 9.31 Å². The van der Waals surface area contributed by atoms with Gasteiger partial charge in [0, 0.05) is 0 Å². The van der Waals surface area contributed by atoms with Gasteiger partial charge in [-0.05, 0) is 11.7 Å². The van der Waals surface area contributed by atoms with Gasteiger partial charge in [0.15, 0.2) is 0 Å². The van der Waals surface area contributed by atoms with Crippen LogP contribution in [0.1, 0.15) is 66.2 Å². The van der Waals surface area contributed by atoms with E-state index in [4.69, 9.17) is 9.31 Å². The molecule has 0 aromatic carbocycles. The molecule has 2 aliphatic rings. The maximum absolute atomic E-state index is 5.94. The van der Waals surface area contributed by atoms with Gasteiger partial charge >= 0.3 is 7.12 Å². The lowest BCUT2D eigenvalue weighted by atomic mass is 9.65. The van der Waals surface area contributed by atoms with Crippen molar-refractivity contribution in [2.45, 2.75) is 78.1 Å². The summed E-state index contributed by atoms with van der Waals surface area (Å²) in [6.45, 7) is 9.47. The van der Waals surface area contributed by atoms with Gasteiger partial charge in [0.2, 0.25) is 0 Å². The van der Waals surface area contributed by atoms with Gasteiger partial charge in [-0.3, -0.25) is 0 Å². The van der Waals surface area contributed by atoms with Crippen LogP contribution in [0.15, 0.2) is 0 Å². The summed E-state index contributed by atoms with van der Waals surface area (Å²) in [5.41, 5.74) is 0. The Morgan fingerprint density at radius 3 is 2.18 bits per heavy atom. The van der Waals surface area contributed by atoms with Gasteiger partial charge in [-0.15, -0.1) is 0 Å². The molecule has 0 bridgehead atoms. The molecule has 17 heavy (non-hydrogen) atoms. The van der Waals surface area contributed by atoms with Crippen LogP contribution < -0.4 is 0 Å². The van der Waals surface area contributed by atoms with Crippen LogP contribution >= 0.6 is 0 Å². The molecule has 1 aliphatic carbocycles. The molecule has 0 aromatic heterocycles. The second-order valence-electron chi connectivity index (χ2n) is 5.73. The molecule has 1 saturated heterocycles. The monoisotopic (exact) mass is 240 g/mol. The Morgan fingerprint density at radius 1 is 1.12 bits per heavy atom. The van der Waals surface area contributed by atoms with Crippen LogP contribution in [0.2, 0.25) is 5.82 Å². The van der Waals surface area contributed by atoms with Crippen LogP contribution in [-0.4, -0.2) is 19.8 Å². The summed E-state index contributed by atoms with van der Waals surface area (Å²) in [5, 5.41) is 0. The van der Waals surface area contributed by atoms with E-state index in [2.05, 4.69) is 27.7 Å². The molecule has 2 fully saturated rings. The first kappa shape index (κ1) is 15.0. The van der Waals surface area contributed by atoms with E-state index < -0.39 is 0 Å². The lowest BCUT2D eigenvalue weighted by Gasteiger charge is -2.23. The molecule has 2 rings (SSSR count). The first-order valence-electron chi connectivity index (χ1n) is 7.46. The highest BCUT2D eigenvalue weighted by Crippen LogP contribution is 2.35. The smallest absolute Gasteiger partial charge is 0.408 e. The molecule has 1 heterocycles. The van der Waals surface area contributed by atoms with Gasteiger partial charge in [0.1, 0.15) is 0 Å². The topological polar surface area (TPSA) is 18.5 Å². The van der Waals surface area contributed by atoms with E-state index in [1.54, 1.807) is 0 Å². The molecule has 0 amide bonds. The lowest BCUT2D eigenvalue weighted by Crippen LogP contribution is -2.26. The Labute approximate surface area is 108 Å². The minimum atomic E-state index is 0.114. The largest absolute Gasteiger partial charge is 0.460 e. The Morgan fingerprint density at radius 2 is 1.71 bits per heavy atom. The molecule has 2 nitrogen and oxygen atoms in total. The van der Waals surface area contributed by atoms with Crippen LogP contribution in [0, 0.1) is 5.92 Å². The van der Waals surface area contributed by atoms with Crippen LogP contribution in [-0.2, 0) is 9.31 Å². The fourth-order valence-corrected chi connectivity index (χ4v) is 2.44. The molecule has 1 atom stereocenters. The number of hydrogen-bond donors (Lipinski definition) is 0. The van der Waals surface area contributed by atoms with Gasteiger partial charge in [-0.1, -0.05) is 66.2 Å². The predicted octanol–water partition coefficient (Wildman–Crippen LogP) is 4.30. The Bertz CT molecular complexity index is 191. The summed E-state index contributed by atoms with van der Waals surface area (Å²) >= 11 is 0. The minimum Gasteiger partial charge on any atom is -0.408 e. The van der Waals surface area contributed by atoms with E-state index >= 15 is 0 Å². The van der Waals surface area contributed by atoms with Crippen molar-refractivity contribution in [1.29, 1.82) is 0 Å². The minimum absolute atomic E-state index is 0.114. The average molecular weight is 240 g/mol. The third-order valence-corrected chi connectivity index (χ3v) is 3.51. The molecule has 0 aromatic rings. The second-order valence-corrected chi connectivity index (χ2v) is 5.73. The highest BCUT2D eigenvalue weighted by atomic mass is 16.6. The number of rotatable bonds is 2. The van der Waals surface area contributed by atoms with E-state index in [0.717, 1.165) is 6.61 Å². The van der Waals surface area contributed by atoms with E-state index in [-0.39, 0.29) is 7.12 Å². The molecule has 1 unspecified atom stereocenters. The standard InChI is InChI=1S/C11H21BO2.C3H8/c1-9(2)11-8-13-12(14-11)10-6-4-3-5-7-10;1-3-2/h9-11H,3-8H2,1-2H3;3H2,1-2H3. The van der Waals surface area contributed by atoms with Crippen LogP contribution in [0.5, 0.6) is 0 Å². The van der Waals surface area contributed by atoms with Gasteiger partial charge in [0.05, 0.1) is 12.7 Å². The zero-order chi connectivity index (χ0) is 12.7. The van der Waals surface area contributed by atoms with Crippen molar-refractivity contribution in [2.24, 2.45) is 5.92 Å². The Balaban J connectivity index is 0.000000437. The summed E-state index contributed by atoms with van der Waals surface area (Å²) < 4.78 is 11.7. The van der Waals surface area contributed by atoms with E-state index in [0.29, 0.717) is 17.8 Å². The van der Waals surface area contributed by atoms with Gasteiger partial charge < -0.3 is 9.31 Å². The average Bonchev–Trinajstić information content (AvgIpc) is 2.80. The SMILES string of the molecule is CC(C)C1COB(C2CCCCC2)O1.CCC. The zero-order valence-electron chi connectivity index (χ0n) is 12.1. The molecule has 3 heteroatoms. The van der Waals surface area contributed by atoms with E-state index in [9.17, 15) is 0 Å². The van der Waals surface area contributed by atoms with Gasteiger partial charge in [-0.25, -0.2) is 0 Å². The van der Waals surface area contributed by atoms with Crippen molar-refractivity contribution in [3.8, 4) is 0 Å². The summed E-state index contributed by atoms with van der Waals surface area (Å²) in [7, 11) is 0.114. The first-order chi connectivity index (χ1) is 8.19. The zero-order valence-corrected chi connectivity index (χ0v) is 12.1. The van der Waals surface area contributed by atoms with Crippen molar-refractivity contribution in [2.75, 3.05) is 6.61 Å². The first-order valence-corrected chi connectivity index (χ1v) is 7.46. The van der Waals surface area contributed by atoms with Gasteiger partial charge in [0.25, 0.3) is 0 Å². The quantitative estimate of drug-likeness (QED) is 0.670. The normalized spacial score (nSPS) is 25.9. The Hall–Kier alpha value is -0.0151. The maximum Gasteiger partial charge on any atom is 0.460 e. The van der Waals surface area contributed by atoms with Crippen molar-refractivity contribution in [3.05, 3.63) is 0 Å². The van der Waals surface area contributed by atoms with E-state index in [1.165, 1.54) is 38.5 Å². The van der Waals surface area contributed by atoms with Crippen LogP contribution in [0.25, 0.3) is 0 Å². The molecular formula is C14H29BO2. The molecule has 1 aliphatic heterocycles. The second kappa shape index (κ2) is 8.15. The fourth-order valence-electron chi connectivity index (χ4n) is 2.44. The van der Waals surface area contributed by atoms with Crippen molar-refractivity contribution >= 4 is 7.12 Å². The summed E-state index contributed by atoms with van der Waals surface area (Å²) in [4.78, 5) is 0. The predicted molar refractivity (Wildman–Crippen MR) is 74.2 cm³/mol. The van der Waals surface area contributed by atoms with Crippen molar-refractivity contribution in [1.82, 2.24) is 0 Å². The fraction of sp³-hybridized carbons (Fsp3) is 1.00. The third kappa shape index (κ3) is 5.01. The Kier molecular flexibility index (Phi) is 7.21. The molecule has 100 valence electrons. The highest BCUT2D eigenvalue weighted by Gasteiger charge is 2.39. The van der Waals surface area contributed by atoms with Crippen LogP contribution in [0.3, 0.4) is 0 Å². The summed E-state index contributed by atoms with van der Waals surface area (Å²) in [6, 6.07) is 0. The van der Waals surface area contributed by atoms with E-state index in [1.807, 2.05) is 0 Å². The van der Waals surface area contributed by atoms with Crippen molar-refractivity contribution in [3.63, 3.8) is 0 Å². The highest BCUT2D eigenvalue weighted by molar-refractivity contribution is 6.47. The van der Waals surface area contributed by atoms with Gasteiger partial charge in [-0.2, -0.15) is 0 Å². The molecule has 1 saturated carbocycles. The third-order valence-electron chi connectivity index (χ3n) is 3.51. The van der Waals surface area contributed by atoms with Crippen LogP contribution in [0.4, 0.5) is 0 Å². The lowest BCUT2D eigenvalue weighted by molar-refractivity contribution is 0.175. The summed E-state index contributed by atoms with van der Waals surface area (Å²) in [5.74, 6) is 1.26. The molecule has 0 N–H and O–H groups in total. The molecule has 0 radical (unpaired) electrons.